The molecule has 0 spiro atoms. The summed E-state index contributed by atoms with van der Waals surface area (Å²) in [5.41, 5.74) is 10.1. The molecule has 0 rings (SSSR count). The van der Waals surface area contributed by atoms with Crippen LogP contribution in [0.15, 0.2) is 0 Å². The molecule has 0 saturated heterocycles. The second-order valence-corrected chi connectivity index (χ2v) is 3.67. The van der Waals surface area contributed by atoms with Gasteiger partial charge in [-0.25, -0.2) is 0 Å². The van der Waals surface area contributed by atoms with E-state index in [1.165, 1.54) is 0 Å². The van der Waals surface area contributed by atoms with E-state index in [2.05, 4.69) is 0 Å². The van der Waals surface area contributed by atoms with Gasteiger partial charge in [0.15, 0.2) is 0 Å². The summed E-state index contributed by atoms with van der Waals surface area (Å²) in [6.07, 6.45) is -0.795. The molecular weight excluding hydrogens is 156 g/mol. The molecule has 5 N–H and O–H groups in total. The standard InChI is InChI=1S/C4H12N2O3S/c1-2-3(4(5)6)10(7,8)9/h3-4H,2,5-6H2,1H3,(H,7,8,9). The van der Waals surface area contributed by atoms with Gasteiger partial charge >= 0.3 is 0 Å². The third-order valence-electron chi connectivity index (χ3n) is 1.21. The quantitative estimate of drug-likeness (QED) is 0.366. The first-order chi connectivity index (χ1) is 4.39. The topological polar surface area (TPSA) is 106 Å². The SMILES string of the molecule is CCC(C(N)N)S(=O)(=O)O. The van der Waals surface area contributed by atoms with E-state index in [4.69, 9.17) is 16.0 Å². The third kappa shape index (κ3) is 2.61. The summed E-state index contributed by atoms with van der Waals surface area (Å²) in [6.45, 7) is 1.59. The molecule has 1 atom stereocenters. The van der Waals surface area contributed by atoms with E-state index in [0.29, 0.717) is 0 Å². The minimum Gasteiger partial charge on any atom is -0.315 e. The molecule has 0 aliphatic carbocycles. The van der Waals surface area contributed by atoms with Crippen molar-refractivity contribution in [3.8, 4) is 0 Å². The molecular formula is C4H12N2O3S. The van der Waals surface area contributed by atoms with E-state index >= 15 is 0 Å². The van der Waals surface area contributed by atoms with Crippen LogP contribution in [0, 0.1) is 0 Å². The van der Waals surface area contributed by atoms with Crippen molar-refractivity contribution in [3.05, 3.63) is 0 Å². The molecule has 0 aromatic rings. The summed E-state index contributed by atoms with van der Waals surface area (Å²) < 4.78 is 29.3. The molecule has 6 heteroatoms. The van der Waals surface area contributed by atoms with E-state index < -0.39 is 21.5 Å². The first-order valence-corrected chi connectivity index (χ1v) is 4.37. The normalized spacial score (nSPS) is 15.7. The largest absolute Gasteiger partial charge is 0.315 e. The van der Waals surface area contributed by atoms with E-state index in [0.717, 1.165) is 0 Å². The van der Waals surface area contributed by atoms with Crippen molar-refractivity contribution in [3.63, 3.8) is 0 Å². The lowest BCUT2D eigenvalue weighted by atomic mass is 10.3. The predicted molar refractivity (Wildman–Crippen MR) is 37.8 cm³/mol. The molecule has 0 aromatic heterocycles. The lowest BCUT2D eigenvalue weighted by Crippen LogP contribution is -2.46. The summed E-state index contributed by atoms with van der Waals surface area (Å²) in [7, 11) is -4.06. The zero-order chi connectivity index (χ0) is 8.36. The van der Waals surface area contributed by atoms with Crippen molar-refractivity contribution in [1.29, 1.82) is 0 Å². The van der Waals surface area contributed by atoms with Crippen LogP contribution in [0.2, 0.25) is 0 Å². The molecule has 10 heavy (non-hydrogen) atoms. The highest BCUT2D eigenvalue weighted by molar-refractivity contribution is 7.86. The average molecular weight is 168 g/mol. The summed E-state index contributed by atoms with van der Waals surface area (Å²) in [5.74, 6) is 0. The highest BCUT2D eigenvalue weighted by Crippen LogP contribution is 2.03. The predicted octanol–water partition coefficient (Wildman–Crippen LogP) is -1.10. The van der Waals surface area contributed by atoms with Gasteiger partial charge in [0.2, 0.25) is 0 Å². The third-order valence-corrected chi connectivity index (χ3v) is 2.63. The molecule has 5 nitrogen and oxygen atoms in total. The van der Waals surface area contributed by atoms with Gasteiger partial charge < -0.3 is 11.5 Å². The Balaban J connectivity index is 4.38. The Hall–Kier alpha value is -0.170. The van der Waals surface area contributed by atoms with Crippen LogP contribution in [0.1, 0.15) is 13.3 Å². The Morgan fingerprint density at radius 2 is 1.90 bits per heavy atom. The highest BCUT2D eigenvalue weighted by Gasteiger charge is 2.24. The lowest BCUT2D eigenvalue weighted by Gasteiger charge is -2.14. The minimum absolute atomic E-state index is 0.219. The molecule has 0 heterocycles. The molecule has 0 aromatic carbocycles. The smallest absolute Gasteiger partial charge is 0.270 e. The fraction of sp³-hybridized carbons (Fsp3) is 1.00. The van der Waals surface area contributed by atoms with Crippen LogP contribution < -0.4 is 11.5 Å². The van der Waals surface area contributed by atoms with Crippen molar-refractivity contribution in [2.45, 2.75) is 24.8 Å². The maximum Gasteiger partial charge on any atom is 0.270 e. The van der Waals surface area contributed by atoms with Crippen molar-refractivity contribution in [2.75, 3.05) is 0 Å². The number of hydrogen-bond donors (Lipinski definition) is 3. The van der Waals surface area contributed by atoms with Crippen molar-refractivity contribution >= 4 is 10.1 Å². The monoisotopic (exact) mass is 168 g/mol. The van der Waals surface area contributed by atoms with Crippen LogP contribution in [-0.4, -0.2) is 24.4 Å². The average Bonchev–Trinajstić information content (AvgIpc) is 1.60. The Morgan fingerprint density at radius 3 is 1.90 bits per heavy atom. The van der Waals surface area contributed by atoms with Crippen LogP contribution in [-0.2, 0) is 10.1 Å². The van der Waals surface area contributed by atoms with Gasteiger partial charge in [0, 0.05) is 0 Å². The van der Waals surface area contributed by atoms with Gasteiger partial charge in [-0.15, -0.1) is 0 Å². The molecule has 0 aliphatic heterocycles. The fourth-order valence-corrected chi connectivity index (χ4v) is 1.50. The second kappa shape index (κ2) is 3.29. The first kappa shape index (κ1) is 9.83. The van der Waals surface area contributed by atoms with Gasteiger partial charge in [-0.3, -0.25) is 4.55 Å². The highest BCUT2D eigenvalue weighted by atomic mass is 32.2. The molecule has 0 aliphatic rings. The Morgan fingerprint density at radius 1 is 1.50 bits per heavy atom. The van der Waals surface area contributed by atoms with Gasteiger partial charge in [-0.1, -0.05) is 6.92 Å². The maximum absolute atomic E-state index is 10.4. The molecule has 0 radical (unpaired) electrons. The number of nitrogens with two attached hydrogens (primary N) is 2. The molecule has 0 bridgehead atoms. The second-order valence-electron chi connectivity index (χ2n) is 2.04. The summed E-state index contributed by atoms with van der Waals surface area (Å²) in [4.78, 5) is 0. The molecule has 1 unspecified atom stereocenters. The number of hydrogen-bond acceptors (Lipinski definition) is 4. The van der Waals surface area contributed by atoms with Crippen LogP contribution in [0.5, 0.6) is 0 Å². The first-order valence-electron chi connectivity index (χ1n) is 2.87. The van der Waals surface area contributed by atoms with Gasteiger partial charge in [0.25, 0.3) is 10.1 Å². The zero-order valence-electron chi connectivity index (χ0n) is 5.69. The zero-order valence-corrected chi connectivity index (χ0v) is 6.50. The Bertz CT molecular complexity index is 187. The van der Waals surface area contributed by atoms with Gasteiger partial charge in [0.05, 0.1) is 6.17 Å². The summed E-state index contributed by atoms with van der Waals surface area (Å²) in [6, 6.07) is 0. The fourth-order valence-electron chi connectivity index (χ4n) is 0.681. The van der Waals surface area contributed by atoms with Crippen LogP contribution in [0.3, 0.4) is 0 Å². The number of rotatable bonds is 3. The van der Waals surface area contributed by atoms with Crippen molar-refractivity contribution in [1.82, 2.24) is 0 Å². The van der Waals surface area contributed by atoms with Crippen molar-refractivity contribution < 1.29 is 13.0 Å². The van der Waals surface area contributed by atoms with Gasteiger partial charge in [-0.05, 0) is 6.42 Å². The van der Waals surface area contributed by atoms with E-state index in [1.54, 1.807) is 6.92 Å². The lowest BCUT2D eigenvalue weighted by molar-refractivity contribution is 0.449. The van der Waals surface area contributed by atoms with E-state index in [9.17, 15) is 8.42 Å². The van der Waals surface area contributed by atoms with Crippen molar-refractivity contribution in [2.24, 2.45) is 11.5 Å². The Kier molecular flexibility index (Phi) is 3.23. The molecule has 62 valence electrons. The van der Waals surface area contributed by atoms with Gasteiger partial charge in [0.1, 0.15) is 5.25 Å². The van der Waals surface area contributed by atoms with Crippen LogP contribution in [0.4, 0.5) is 0 Å². The van der Waals surface area contributed by atoms with Crippen LogP contribution in [0.25, 0.3) is 0 Å². The maximum atomic E-state index is 10.4. The van der Waals surface area contributed by atoms with E-state index in [1.807, 2.05) is 0 Å². The molecule has 0 fully saturated rings. The van der Waals surface area contributed by atoms with E-state index in [-0.39, 0.29) is 6.42 Å². The Labute approximate surface area is 60.1 Å². The molecule has 0 saturated carbocycles. The van der Waals surface area contributed by atoms with Crippen LogP contribution >= 0.6 is 0 Å². The summed E-state index contributed by atoms with van der Waals surface area (Å²) >= 11 is 0. The van der Waals surface area contributed by atoms with Gasteiger partial charge in [-0.2, -0.15) is 8.42 Å². The summed E-state index contributed by atoms with van der Waals surface area (Å²) in [5, 5.41) is -1.05. The molecule has 0 amide bonds. The minimum atomic E-state index is -4.06.